The van der Waals surface area contributed by atoms with Crippen molar-refractivity contribution in [3.05, 3.63) is 53.0 Å². The second kappa shape index (κ2) is 6.57. The standard InChI is InChI=1S/C18H21BBrO2/c1-17(2,21)18(3,4)22-19-15-10-14(11-16(20)12-15)13-8-6-5-7-9-13/h5-12,21H,1-4H3/p+1. The zero-order valence-electron chi connectivity index (χ0n) is 13.5. The normalized spacial score (nSPS) is 12.3. The first-order chi connectivity index (χ1) is 10.2. The van der Waals surface area contributed by atoms with Gasteiger partial charge in [0.2, 0.25) is 0 Å². The molecule has 0 fully saturated rings. The van der Waals surface area contributed by atoms with Crippen LogP contribution in [0.4, 0.5) is 0 Å². The van der Waals surface area contributed by atoms with Crippen LogP contribution in [0, 0.1) is 0 Å². The molecular formula is C18H22BBrO2+. The molecule has 22 heavy (non-hydrogen) atoms. The summed E-state index contributed by atoms with van der Waals surface area (Å²) in [5.41, 5.74) is 2.02. The highest BCUT2D eigenvalue weighted by molar-refractivity contribution is 9.10. The van der Waals surface area contributed by atoms with Gasteiger partial charge in [0.1, 0.15) is 5.60 Å². The van der Waals surface area contributed by atoms with Crippen molar-refractivity contribution in [2.75, 3.05) is 0 Å². The minimum Gasteiger partial charge on any atom is -0.439 e. The Labute approximate surface area is 141 Å². The predicted octanol–water partition coefficient (Wildman–Crippen LogP) is 3.66. The van der Waals surface area contributed by atoms with Gasteiger partial charge in [-0.05, 0) is 31.0 Å². The second-order valence-corrected chi connectivity index (χ2v) is 7.43. The van der Waals surface area contributed by atoms with E-state index in [1.165, 1.54) is 5.56 Å². The Morgan fingerprint density at radius 1 is 0.955 bits per heavy atom. The molecule has 0 unspecified atom stereocenters. The van der Waals surface area contributed by atoms with Crippen molar-refractivity contribution in [1.29, 1.82) is 0 Å². The van der Waals surface area contributed by atoms with Crippen LogP contribution >= 0.6 is 15.9 Å². The molecule has 0 saturated heterocycles. The van der Waals surface area contributed by atoms with E-state index in [4.69, 9.17) is 9.76 Å². The van der Waals surface area contributed by atoms with Gasteiger partial charge < -0.3 is 9.76 Å². The largest absolute Gasteiger partial charge is 0.439 e. The van der Waals surface area contributed by atoms with Gasteiger partial charge >= 0.3 is 7.48 Å². The molecule has 0 bridgehead atoms. The Kier molecular flexibility index (Phi) is 5.16. The van der Waals surface area contributed by atoms with E-state index in [0.717, 1.165) is 15.5 Å². The highest BCUT2D eigenvalue weighted by Crippen LogP contribution is 2.25. The summed E-state index contributed by atoms with van der Waals surface area (Å²) in [6.07, 6.45) is 0. The van der Waals surface area contributed by atoms with Crippen LogP contribution in [-0.4, -0.2) is 23.8 Å². The van der Waals surface area contributed by atoms with E-state index in [9.17, 15) is 0 Å². The summed E-state index contributed by atoms with van der Waals surface area (Å²) in [6, 6.07) is 16.4. The molecule has 0 aliphatic heterocycles. The third-order valence-electron chi connectivity index (χ3n) is 4.02. The third-order valence-corrected chi connectivity index (χ3v) is 4.48. The SMILES string of the molecule is CC(C)([OH2+])C(C)(C)O[B]c1cc(Br)cc(-c2ccccc2)c1. The van der Waals surface area contributed by atoms with Gasteiger partial charge in [0, 0.05) is 18.3 Å². The van der Waals surface area contributed by atoms with Crippen LogP contribution in [0.5, 0.6) is 0 Å². The third kappa shape index (κ3) is 4.22. The van der Waals surface area contributed by atoms with Gasteiger partial charge in [-0.2, -0.15) is 0 Å². The summed E-state index contributed by atoms with van der Waals surface area (Å²) < 4.78 is 6.90. The van der Waals surface area contributed by atoms with Crippen LogP contribution in [0.1, 0.15) is 27.7 Å². The topological polar surface area (TPSA) is 32.1 Å². The molecule has 0 aliphatic carbocycles. The van der Waals surface area contributed by atoms with Crippen LogP contribution in [0.2, 0.25) is 0 Å². The average molecular weight is 361 g/mol. The maximum atomic E-state index is 8.17. The molecule has 2 nitrogen and oxygen atoms in total. The van der Waals surface area contributed by atoms with Crippen LogP contribution in [0.3, 0.4) is 0 Å². The Balaban J connectivity index is 2.21. The fraction of sp³-hybridized carbons (Fsp3) is 0.333. The minimum atomic E-state index is -0.683. The van der Waals surface area contributed by atoms with Gasteiger partial charge in [0.25, 0.3) is 0 Å². The van der Waals surface area contributed by atoms with Crippen molar-refractivity contribution >= 4 is 28.9 Å². The van der Waals surface area contributed by atoms with Gasteiger partial charge in [-0.25, -0.2) is 0 Å². The smallest absolute Gasteiger partial charge is 0.331 e. The van der Waals surface area contributed by atoms with E-state index in [2.05, 4.69) is 40.2 Å². The fourth-order valence-corrected chi connectivity index (χ4v) is 2.35. The molecule has 0 aromatic heterocycles. The molecular weight excluding hydrogens is 339 g/mol. The molecule has 0 amide bonds. The molecule has 2 rings (SSSR count). The quantitative estimate of drug-likeness (QED) is 0.591. The monoisotopic (exact) mass is 360 g/mol. The van der Waals surface area contributed by atoms with E-state index in [1.807, 2.05) is 52.0 Å². The van der Waals surface area contributed by atoms with Gasteiger partial charge in [-0.3, -0.25) is 0 Å². The summed E-state index contributed by atoms with van der Waals surface area (Å²) in [5.74, 6) is 0. The van der Waals surface area contributed by atoms with Gasteiger partial charge in [0.05, 0.1) is 0 Å². The highest BCUT2D eigenvalue weighted by Gasteiger charge is 2.40. The highest BCUT2D eigenvalue weighted by atomic mass is 79.9. The first kappa shape index (κ1) is 17.3. The summed E-state index contributed by atoms with van der Waals surface area (Å²) in [5, 5.41) is 8.17. The molecule has 2 N–H and O–H groups in total. The molecule has 2 aromatic carbocycles. The first-order valence-electron chi connectivity index (χ1n) is 7.31. The van der Waals surface area contributed by atoms with Gasteiger partial charge in [0.15, 0.2) is 5.60 Å². The van der Waals surface area contributed by atoms with E-state index < -0.39 is 11.2 Å². The lowest BCUT2D eigenvalue weighted by atomic mass is 9.81. The maximum absolute atomic E-state index is 8.17. The second-order valence-electron chi connectivity index (χ2n) is 6.51. The van der Waals surface area contributed by atoms with E-state index in [0.29, 0.717) is 0 Å². The van der Waals surface area contributed by atoms with Crippen LogP contribution in [-0.2, 0) is 4.65 Å². The van der Waals surface area contributed by atoms with Crippen LogP contribution in [0.15, 0.2) is 53.0 Å². The minimum absolute atomic E-state index is 0.567. The average Bonchev–Trinajstić information content (AvgIpc) is 2.44. The number of rotatable bonds is 5. The zero-order chi connectivity index (χ0) is 16.4. The summed E-state index contributed by atoms with van der Waals surface area (Å²) in [4.78, 5) is 0. The Bertz CT molecular complexity index is 633. The predicted molar refractivity (Wildman–Crippen MR) is 97.8 cm³/mol. The molecule has 0 spiro atoms. The lowest BCUT2D eigenvalue weighted by molar-refractivity contribution is -0.0893. The molecule has 4 heteroatoms. The molecule has 0 heterocycles. The van der Waals surface area contributed by atoms with E-state index in [1.54, 1.807) is 7.48 Å². The Morgan fingerprint density at radius 2 is 1.59 bits per heavy atom. The van der Waals surface area contributed by atoms with Crippen molar-refractivity contribution in [2.45, 2.75) is 38.9 Å². The molecule has 115 valence electrons. The van der Waals surface area contributed by atoms with Crippen molar-refractivity contribution in [2.24, 2.45) is 0 Å². The molecule has 0 aliphatic rings. The Morgan fingerprint density at radius 3 is 2.18 bits per heavy atom. The van der Waals surface area contributed by atoms with Crippen molar-refractivity contribution in [1.82, 2.24) is 0 Å². The number of benzene rings is 2. The number of hydrogen-bond acceptors (Lipinski definition) is 1. The summed E-state index contributed by atoms with van der Waals surface area (Å²) in [6.45, 7) is 7.59. The molecule has 0 atom stereocenters. The number of halogens is 1. The van der Waals surface area contributed by atoms with Crippen LogP contribution < -0.4 is 5.46 Å². The maximum Gasteiger partial charge on any atom is 0.331 e. The van der Waals surface area contributed by atoms with Crippen molar-refractivity contribution in [3.63, 3.8) is 0 Å². The fourth-order valence-electron chi connectivity index (χ4n) is 1.84. The van der Waals surface area contributed by atoms with E-state index in [-0.39, 0.29) is 0 Å². The van der Waals surface area contributed by atoms with E-state index >= 15 is 0 Å². The summed E-state index contributed by atoms with van der Waals surface area (Å²) in [7, 11) is 1.74. The van der Waals surface area contributed by atoms with Crippen molar-refractivity contribution in [3.8, 4) is 11.1 Å². The van der Waals surface area contributed by atoms with Crippen LogP contribution in [0.25, 0.3) is 11.1 Å². The number of hydrogen-bond donors (Lipinski definition) is 0. The zero-order valence-corrected chi connectivity index (χ0v) is 15.1. The van der Waals surface area contributed by atoms with Gasteiger partial charge in [-0.15, -0.1) is 0 Å². The first-order valence-corrected chi connectivity index (χ1v) is 8.10. The molecule has 2 aromatic rings. The van der Waals surface area contributed by atoms with Gasteiger partial charge in [-0.1, -0.05) is 63.9 Å². The summed E-state index contributed by atoms with van der Waals surface area (Å²) >= 11 is 3.56. The molecule has 0 saturated carbocycles. The Hall–Kier alpha value is -1.10. The lowest BCUT2D eigenvalue weighted by Gasteiger charge is -2.33. The van der Waals surface area contributed by atoms with Crippen molar-refractivity contribution < 1.29 is 9.76 Å². The molecule has 1 radical (unpaired) electrons. The lowest BCUT2D eigenvalue weighted by Crippen LogP contribution is -2.49.